The highest BCUT2D eigenvalue weighted by atomic mass is 19.4. The molecule has 0 fully saturated rings. The average Bonchev–Trinajstić information content (AvgIpc) is 3.33. The molecule has 0 saturated carbocycles. The van der Waals surface area contributed by atoms with Gasteiger partial charge in [0.25, 0.3) is 5.91 Å². The van der Waals surface area contributed by atoms with E-state index in [1.54, 1.807) is 24.3 Å². The van der Waals surface area contributed by atoms with Gasteiger partial charge in [0.2, 0.25) is 0 Å². The second-order valence-corrected chi connectivity index (χ2v) is 7.10. The number of amides is 1. The number of aromatic nitrogens is 1. The van der Waals surface area contributed by atoms with Gasteiger partial charge in [0.05, 0.1) is 17.3 Å². The van der Waals surface area contributed by atoms with Crippen LogP contribution in [-0.2, 0) is 6.18 Å². The summed E-state index contributed by atoms with van der Waals surface area (Å²) in [4.78, 5) is 12.8. The molecule has 0 spiro atoms. The first-order valence-electron chi connectivity index (χ1n) is 10.2. The molecule has 4 aromatic rings. The molecular weight excluding hydrogens is 449 g/mol. The molecule has 0 unspecified atom stereocenters. The van der Waals surface area contributed by atoms with E-state index in [2.05, 4.69) is 10.5 Å². The zero-order chi connectivity index (χ0) is 24.0. The third-order valence-electron chi connectivity index (χ3n) is 4.77. The Morgan fingerprint density at radius 3 is 2.29 bits per heavy atom. The van der Waals surface area contributed by atoms with Crippen LogP contribution in [0, 0.1) is 0 Å². The predicted octanol–water partition coefficient (Wildman–Crippen LogP) is 6.07. The zero-order valence-electron chi connectivity index (χ0n) is 17.7. The van der Waals surface area contributed by atoms with Gasteiger partial charge in [-0.25, -0.2) is 0 Å². The van der Waals surface area contributed by atoms with Gasteiger partial charge in [-0.2, -0.15) is 13.2 Å². The van der Waals surface area contributed by atoms with Crippen LogP contribution in [0.25, 0.3) is 11.3 Å². The SMILES string of the molecule is O=C(Nc1ccc(C(F)(F)F)cc1)c1cnoc1-c1ccccc1OCCOc1ccccc1. The van der Waals surface area contributed by atoms with E-state index in [1.165, 1.54) is 18.3 Å². The summed E-state index contributed by atoms with van der Waals surface area (Å²) in [5.74, 6) is 0.763. The molecule has 34 heavy (non-hydrogen) atoms. The largest absolute Gasteiger partial charge is 0.490 e. The van der Waals surface area contributed by atoms with Crippen molar-refractivity contribution >= 4 is 11.6 Å². The summed E-state index contributed by atoms with van der Waals surface area (Å²) in [5, 5.41) is 6.28. The molecule has 0 aliphatic carbocycles. The Bertz CT molecular complexity index is 1240. The van der Waals surface area contributed by atoms with Crippen LogP contribution in [0.4, 0.5) is 18.9 Å². The van der Waals surface area contributed by atoms with Crippen molar-refractivity contribution in [1.82, 2.24) is 5.16 Å². The van der Waals surface area contributed by atoms with Crippen molar-refractivity contribution < 1.29 is 32.0 Å². The number of carbonyl (C=O) groups is 1. The van der Waals surface area contributed by atoms with Crippen molar-refractivity contribution in [2.24, 2.45) is 0 Å². The highest BCUT2D eigenvalue weighted by molar-refractivity contribution is 6.08. The maximum atomic E-state index is 12.8. The Hall–Kier alpha value is -4.27. The minimum atomic E-state index is -4.46. The number of rotatable bonds is 8. The molecule has 174 valence electrons. The van der Waals surface area contributed by atoms with Crippen LogP contribution >= 0.6 is 0 Å². The summed E-state index contributed by atoms with van der Waals surface area (Å²) in [5.41, 5.74) is -0.00000407. The fourth-order valence-corrected chi connectivity index (χ4v) is 3.14. The van der Waals surface area contributed by atoms with Crippen LogP contribution in [0.3, 0.4) is 0 Å². The van der Waals surface area contributed by atoms with Gasteiger partial charge in [0.1, 0.15) is 30.3 Å². The number of para-hydroxylation sites is 2. The predicted molar refractivity (Wildman–Crippen MR) is 119 cm³/mol. The van der Waals surface area contributed by atoms with Crippen LogP contribution in [0.15, 0.2) is 89.6 Å². The molecule has 1 amide bonds. The minimum absolute atomic E-state index is 0.108. The normalized spacial score (nSPS) is 11.1. The molecule has 0 aliphatic heterocycles. The molecule has 0 saturated heterocycles. The van der Waals surface area contributed by atoms with E-state index in [9.17, 15) is 18.0 Å². The molecule has 3 aromatic carbocycles. The molecule has 4 rings (SSSR count). The zero-order valence-corrected chi connectivity index (χ0v) is 17.7. The number of nitrogens with zero attached hydrogens (tertiary/aromatic N) is 1. The van der Waals surface area contributed by atoms with Crippen molar-refractivity contribution in [1.29, 1.82) is 0 Å². The summed E-state index contributed by atoms with van der Waals surface area (Å²) in [7, 11) is 0. The first kappa shape index (κ1) is 22.9. The maximum absolute atomic E-state index is 12.8. The van der Waals surface area contributed by atoms with E-state index in [0.29, 0.717) is 17.9 Å². The number of nitrogens with one attached hydrogen (secondary N) is 1. The minimum Gasteiger partial charge on any atom is -0.490 e. The third kappa shape index (κ3) is 5.55. The second kappa shape index (κ2) is 10.1. The van der Waals surface area contributed by atoms with E-state index >= 15 is 0 Å². The first-order chi connectivity index (χ1) is 16.4. The van der Waals surface area contributed by atoms with Gasteiger partial charge in [0, 0.05) is 5.69 Å². The van der Waals surface area contributed by atoms with Gasteiger partial charge in [0.15, 0.2) is 5.76 Å². The van der Waals surface area contributed by atoms with Gasteiger partial charge in [-0.05, 0) is 48.5 Å². The molecule has 9 heteroatoms. The molecule has 0 aliphatic rings. The van der Waals surface area contributed by atoms with Crippen LogP contribution in [0.2, 0.25) is 0 Å². The summed E-state index contributed by atoms with van der Waals surface area (Å²) in [6.07, 6.45) is -3.22. The van der Waals surface area contributed by atoms with E-state index in [1.807, 2.05) is 30.3 Å². The number of anilines is 1. The number of alkyl halides is 3. The summed E-state index contributed by atoms with van der Waals surface area (Å²) in [6, 6.07) is 20.4. The molecule has 0 bridgehead atoms. The summed E-state index contributed by atoms with van der Waals surface area (Å²) in [6.45, 7) is 0.545. The topological polar surface area (TPSA) is 73.6 Å². The smallest absolute Gasteiger partial charge is 0.416 e. The Balaban J connectivity index is 1.45. The highest BCUT2D eigenvalue weighted by Crippen LogP contribution is 2.33. The van der Waals surface area contributed by atoms with Gasteiger partial charge >= 0.3 is 6.18 Å². The third-order valence-corrected chi connectivity index (χ3v) is 4.77. The average molecular weight is 468 g/mol. The summed E-state index contributed by atoms with van der Waals surface area (Å²) >= 11 is 0. The number of hydrogen-bond acceptors (Lipinski definition) is 5. The molecule has 1 heterocycles. The number of benzene rings is 3. The van der Waals surface area contributed by atoms with Gasteiger partial charge in [-0.3, -0.25) is 4.79 Å². The van der Waals surface area contributed by atoms with Crippen molar-refractivity contribution in [3.8, 4) is 22.8 Å². The van der Waals surface area contributed by atoms with Crippen LogP contribution < -0.4 is 14.8 Å². The number of ether oxygens (including phenoxy) is 2. The first-order valence-corrected chi connectivity index (χ1v) is 10.2. The highest BCUT2D eigenvalue weighted by Gasteiger charge is 2.30. The summed E-state index contributed by atoms with van der Waals surface area (Å²) < 4.78 is 55.0. The molecular formula is C25H19F3N2O4. The van der Waals surface area contributed by atoms with Gasteiger partial charge < -0.3 is 19.3 Å². The second-order valence-electron chi connectivity index (χ2n) is 7.10. The molecule has 1 aromatic heterocycles. The fraction of sp³-hybridized carbons (Fsp3) is 0.120. The lowest BCUT2D eigenvalue weighted by Crippen LogP contribution is -2.13. The lowest BCUT2D eigenvalue weighted by Gasteiger charge is -2.12. The van der Waals surface area contributed by atoms with Crippen LogP contribution in [-0.4, -0.2) is 24.3 Å². The lowest BCUT2D eigenvalue weighted by atomic mass is 10.1. The molecule has 0 atom stereocenters. The Labute approximate surface area is 192 Å². The Morgan fingerprint density at radius 1 is 0.882 bits per heavy atom. The molecule has 0 radical (unpaired) electrons. The van der Waals surface area contributed by atoms with Gasteiger partial charge in [-0.15, -0.1) is 0 Å². The number of hydrogen-bond donors (Lipinski definition) is 1. The van der Waals surface area contributed by atoms with Crippen LogP contribution in [0.5, 0.6) is 11.5 Å². The quantitative estimate of drug-likeness (QED) is 0.318. The maximum Gasteiger partial charge on any atom is 0.416 e. The lowest BCUT2D eigenvalue weighted by molar-refractivity contribution is -0.137. The van der Waals surface area contributed by atoms with E-state index in [4.69, 9.17) is 14.0 Å². The van der Waals surface area contributed by atoms with E-state index < -0.39 is 17.6 Å². The van der Waals surface area contributed by atoms with Crippen molar-refractivity contribution in [3.63, 3.8) is 0 Å². The monoisotopic (exact) mass is 468 g/mol. The van der Waals surface area contributed by atoms with E-state index in [0.717, 1.165) is 17.9 Å². The number of halogens is 3. The van der Waals surface area contributed by atoms with Gasteiger partial charge in [-0.1, -0.05) is 35.5 Å². The van der Waals surface area contributed by atoms with Crippen molar-refractivity contribution in [2.45, 2.75) is 6.18 Å². The fourth-order valence-electron chi connectivity index (χ4n) is 3.14. The van der Waals surface area contributed by atoms with Crippen molar-refractivity contribution in [3.05, 3.63) is 96.2 Å². The molecule has 6 nitrogen and oxygen atoms in total. The van der Waals surface area contributed by atoms with Crippen LogP contribution in [0.1, 0.15) is 15.9 Å². The van der Waals surface area contributed by atoms with E-state index in [-0.39, 0.29) is 23.6 Å². The Kier molecular flexibility index (Phi) is 6.82. The standard InChI is InChI=1S/C25H19F3N2O4/c26-25(27,28)17-10-12-18(13-11-17)30-24(31)21-16-29-34-23(21)20-8-4-5-9-22(20)33-15-14-32-19-6-2-1-3-7-19/h1-13,16H,14-15H2,(H,30,31). The van der Waals surface area contributed by atoms with Crippen molar-refractivity contribution in [2.75, 3.05) is 18.5 Å². The Morgan fingerprint density at radius 2 is 1.56 bits per heavy atom. The number of carbonyl (C=O) groups excluding carboxylic acids is 1. The molecule has 1 N–H and O–H groups in total.